The van der Waals surface area contributed by atoms with E-state index in [-0.39, 0.29) is 20.3 Å². The van der Waals surface area contributed by atoms with Crippen LogP contribution in [0.2, 0.25) is 0 Å². The molecule has 0 fully saturated rings. The van der Waals surface area contributed by atoms with Crippen molar-refractivity contribution in [3.8, 4) is 0 Å². The molecule has 0 N–H and O–H groups in total. The van der Waals surface area contributed by atoms with E-state index < -0.39 is 0 Å². The molecular formula is C13H11Li. The molecule has 0 heterocycles. The average Bonchev–Trinajstić information content (AvgIpc) is 2.19. The van der Waals surface area contributed by atoms with Gasteiger partial charge in [-0.25, -0.2) is 0 Å². The van der Waals surface area contributed by atoms with E-state index in [1.807, 2.05) is 0 Å². The average molecular weight is 174 g/mol. The first-order chi connectivity index (χ1) is 6.45. The fraction of sp³-hybridized carbons (Fsp3) is 0.0769. The van der Waals surface area contributed by atoms with Crippen molar-refractivity contribution in [1.29, 1.82) is 0 Å². The van der Waals surface area contributed by atoms with Crippen LogP contribution in [0, 0.1) is 0 Å². The first-order valence-electron chi connectivity index (χ1n) is 4.62. The van der Waals surface area contributed by atoms with Crippen molar-refractivity contribution in [2.75, 3.05) is 0 Å². The topological polar surface area (TPSA) is 0 Å². The Balaban J connectivity index is 0.000000562. The summed E-state index contributed by atoms with van der Waals surface area (Å²) in [7, 11) is 0. The molecule has 1 aliphatic carbocycles. The number of allylic oxidation sites excluding steroid dienone is 1. The molecule has 0 aromatic heterocycles. The molecule has 0 saturated heterocycles. The summed E-state index contributed by atoms with van der Waals surface area (Å²) < 4.78 is 0. The third kappa shape index (κ3) is 1.32. The van der Waals surface area contributed by atoms with Gasteiger partial charge in [-0.2, -0.15) is 0 Å². The smallest absolute Gasteiger partial charge is 1.00 e. The molecule has 1 aliphatic rings. The van der Waals surface area contributed by atoms with E-state index in [1.54, 1.807) is 0 Å². The van der Waals surface area contributed by atoms with Gasteiger partial charge in [0, 0.05) is 0 Å². The minimum atomic E-state index is 0. The van der Waals surface area contributed by atoms with Gasteiger partial charge < -0.3 is 1.43 Å². The van der Waals surface area contributed by atoms with Gasteiger partial charge in [-0.05, 0) is 28.3 Å². The number of rotatable bonds is 0. The zero-order valence-corrected chi connectivity index (χ0v) is 8.33. The second kappa shape index (κ2) is 3.65. The molecule has 0 nitrogen and oxygen atoms in total. The van der Waals surface area contributed by atoms with Gasteiger partial charge >= 0.3 is 18.9 Å². The van der Waals surface area contributed by atoms with Crippen LogP contribution in [-0.4, -0.2) is 0 Å². The summed E-state index contributed by atoms with van der Waals surface area (Å²) in [5.41, 5.74) is 2.81. The van der Waals surface area contributed by atoms with Crippen molar-refractivity contribution in [2.45, 2.75) is 6.42 Å². The quantitative estimate of drug-likeness (QED) is 0.511. The van der Waals surface area contributed by atoms with E-state index in [9.17, 15) is 0 Å². The van der Waals surface area contributed by atoms with Crippen molar-refractivity contribution in [2.24, 2.45) is 0 Å². The van der Waals surface area contributed by atoms with Crippen LogP contribution >= 0.6 is 0 Å². The fourth-order valence-electron chi connectivity index (χ4n) is 2.07. The monoisotopic (exact) mass is 174 g/mol. The number of hydrogen-bond donors (Lipinski definition) is 0. The summed E-state index contributed by atoms with van der Waals surface area (Å²) in [5, 5.41) is 2.80. The summed E-state index contributed by atoms with van der Waals surface area (Å²) in [4.78, 5) is 0. The van der Waals surface area contributed by atoms with E-state index in [0.29, 0.717) is 0 Å². The zero-order valence-electron chi connectivity index (χ0n) is 9.33. The van der Waals surface area contributed by atoms with E-state index in [2.05, 4.69) is 48.6 Å². The molecular weight excluding hydrogens is 163 g/mol. The molecule has 0 atom stereocenters. The van der Waals surface area contributed by atoms with E-state index >= 15 is 0 Å². The van der Waals surface area contributed by atoms with Gasteiger partial charge in [0.25, 0.3) is 0 Å². The van der Waals surface area contributed by atoms with Crippen LogP contribution < -0.4 is 18.9 Å². The van der Waals surface area contributed by atoms with Gasteiger partial charge in [0.2, 0.25) is 0 Å². The number of hydrogen-bond acceptors (Lipinski definition) is 0. The van der Waals surface area contributed by atoms with Crippen molar-refractivity contribution < 1.29 is 20.3 Å². The maximum atomic E-state index is 2.23. The predicted molar refractivity (Wildman–Crippen MR) is 57.8 cm³/mol. The summed E-state index contributed by atoms with van der Waals surface area (Å²) in [6.07, 6.45) is 5.53. The van der Waals surface area contributed by atoms with Gasteiger partial charge in [-0.1, -0.05) is 48.6 Å². The minimum Gasteiger partial charge on any atom is -1.00 e. The van der Waals surface area contributed by atoms with E-state index in [0.717, 1.165) is 6.42 Å². The molecule has 0 amide bonds. The van der Waals surface area contributed by atoms with Gasteiger partial charge in [-0.3, -0.25) is 0 Å². The van der Waals surface area contributed by atoms with Crippen molar-refractivity contribution in [1.82, 2.24) is 0 Å². The van der Waals surface area contributed by atoms with Gasteiger partial charge in [0.05, 0.1) is 0 Å². The van der Waals surface area contributed by atoms with Crippen molar-refractivity contribution in [3.05, 3.63) is 53.6 Å². The Kier molecular flexibility index (Phi) is 2.50. The largest absolute Gasteiger partial charge is 1.00 e. The first-order valence-corrected chi connectivity index (χ1v) is 4.62. The Morgan fingerprint density at radius 1 is 1.00 bits per heavy atom. The Labute approximate surface area is 97.3 Å². The molecule has 0 radical (unpaired) electrons. The molecule has 2 aromatic carbocycles. The number of benzene rings is 2. The summed E-state index contributed by atoms with van der Waals surface area (Å²) >= 11 is 0. The molecule has 1 heteroatoms. The third-order valence-corrected chi connectivity index (χ3v) is 2.66. The molecule has 0 unspecified atom stereocenters. The van der Waals surface area contributed by atoms with Crippen LogP contribution in [-0.2, 0) is 6.42 Å². The van der Waals surface area contributed by atoms with Gasteiger partial charge in [0.1, 0.15) is 0 Å². The van der Waals surface area contributed by atoms with E-state index in [1.165, 1.54) is 21.9 Å². The predicted octanol–water partition coefficient (Wildman–Crippen LogP) is 0.526. The SMILES string of the molecule is C1=Cc2cccc3cccc(c23)C1.[H-].[Li+]. The summed E-state index contributed by atoms with van der Waals surface area (Å²) in [5.74, 6) is 0. The Bertz CT molecular complexity index is 498. The summed E-state index contributed by atoms with van der Waals surface area (Å²) in [6, 6.07) is 13.0. The second-order valence-electron chi connectivity index (χ2n) is 3.47. The Hall–Kier alpha value is -0.963. The second-order valence-corrected chi connectivity index (χ2v) is 3.47. The van der Waals surface area contributed by atoms with E-state index in [4.69, 9.17) is 0 Å². The molecule has 0 spiro atoms. The Morgan fingerprint density at radius 3 is 2.64 bits per heavy atom. The minimum absolute atomic E-state index is 0. The molecule has 0 aliphatic heterocycles. The zero-order chi connectivity index (χ0) is 8.67. The van der Waals surface area contributed by atoms with Crippen LogP contribution in [0.5, 0.6) is 0 Å². The van der Waals surface area contributed by atoms with Crippen molar-refractivity contribution >= 4 is 16.8 Å². The first kappa shape index (κ1) is 9.59. The van der Waals surface area contributed by atoms with Gasteiger partial charge in [0.15, 0.2) is 0 Å². The molecule has 3 rings (SSSR count). The molecule has 2 aromatic rings. The molecule has 64 valence electrons. The normalized spacial score (nSPS) is 12.6. The molecule has 14 heavy (non-hydrogen) atoms. The van der Waals surface area contributed by atoms with Crippen LogP contribution in [0.3, 0.4) is 0 Å². The Morgan fingerprint density at radius 2 is 1.79 bits per heavy atom. The van der Waals surface area contributed by atoms with Crippen LogP contribution in [0.4, 0.5) is 0 Å². The standard InChI is InChI=1S/C13H10.Li.H/c1-4-10-6-2-8-12-9-3-7-11(5-1)13(10)12;;/h1-8H,9H2;;/q;+1;-1. The maximum absolute atomic E-state index is 2.23. The molecule has 0 bridgehead atoms. The van der Waals surface area contributed by atoms with Crippen LogP contribution in [0.15, 0.2) is 42.5 Å². The molecule has 0 saturated carbocycles. The summed E-state index contributed by atoms with van der Waals surface area (Å²) in [6.45, 7) is 0. The van der Waals surface area contributed by atoms with Crippen LogP contribution in [0.1, 0.15) is 12.6 Å². The third-order valence-electron chi connectivity index (χ3n) is 2.66. The van der Waals surface area contributed by atoms with Gasteiger partial charge in [-0.15, -0.1) is 0 Å². The fourth-order valence-corrected chi connectivity index (χ4v) is 2.07. The van der Waals surface area contributed by atoms with Crippen molar-refractivity contribution in [3.63, 3.8) is 0 Å². The maximum Gasteiger partial charge on any atom is 1.00 e. The van der Waals surface area contributed by atoms with Crippen LogP contribution in [0.25, 0.3) is 16.8 Å².